The van der Waals surface area contributed by atoms with Gasteiger partial charge in [-0.05, 0) is 43.4 Å². The summed E-state index contributed by atoms with van der Waals surface area (Å²) in [4.78, 5) is 26.8. The number of methoxy groups -OCH3 is 1. The first kappa shape index (κ1) is 20.9. The van der Waals surface area contributed by atoms with Crippen LogP contribution in [0.3, 0.4) is 0 Å². The molecule has 0 radical (unpaired) electrons. The number of rotatable bonds is 8. The molecule has 3 rings (SSSR count). The minimum atomic E-state index is -0.265. The number of amides is 1. The fourth-order valence-corrected chi connectivity index (χ4v) is 4.02. The van der Waals surface area contributed by atoms with Crippen molar-refractivity contribution in [2.45, 2.75) is 51.1 Å². The molecule has 0 fully saturated rings. The van der Waals surface area contributed by atoms with E-state index >= 15 is 0 Å². The Bertz CT molecular complexity index is 822. The van der Waals surface area contributed by atoms with Crippen molar-refractivity contribution in [3.63, 3.8) is 0 Å². The van der Waals surface area contributed by atoms with E-state index in [0.717, 1.165) is 24.9 Å². The van der Waals surface area contributed by atoms with Gasteiger partial charge in [-0.2, -0.15) is 0 Å². The third kappa shape index (κ3) is 5.59. The predicted molar refractivity (Wildman–Crippen MR) is 115 cm³/mol. The molecule has 0 bridgehead atoms. The number of anilines is 1. The first-order valence-electron chi connectivity index (χ1n) is 10.3. The number of benzene rings is 2. The number of hydrogen-bond acceptors (Lipinski definition) is 4. The first-order chi connectivity index (χ1) is 14.1. The van der Waals surface area contributed by atoms with E-state index in [2.05, 4.69) is 41.4 Å². The van der Waals surface area contributed by atoms with E-state index in [1.165, 1.54) is 18.4 Å². The molecule has 0 saturated carbocycles. The lowest BCUT2D eigenvalue weighted by Gasteiger charge is -2.36. The van der Waals surface area contributed by atoms with Crippen LogP contribution in [0.2, 0.25) is 0 Å². The predicted octanol–water partition coefficient (Wildman–Crippen LogP) is 4.03. The van der Waals surface area contributed by atoms with Crippen molar-refractivity contribution < 1.29 is 14.3 Å². The van der Waals surface area contributed by atoms with Crippen LogP contribution in [0.1, 0.15) is 49.8 Å². The highest BCUT2D eigenvalue weighted by molar-refractivity contribution is 5.78. The maximum absolute atomic E-state index is 12.9. The second kappa shape index (κ2) is 10.1. The van der Waals surface area contributed by atoms with Gasteiger partial charge in [0, 0.05) is 31.1 Å². The molecule has 0 spiro atoms. The van der Waals surface area contributed by atoms with Crippen molar-refractivity contribution in [3.05, 3.63) is 65.7 Å². The molecular formula is C24H30N2O3. The number of nitrogens with one attached hydrogen (secondary N) is 1. The van der Waals surface area contributed by atoms with Gasteiger partial charge in [-0.3, -0.25) is 9.59 Å². The molecule has 2 atom stereocenters. The minimum absolute atomic E-state index is 0.000673. The zero-order valence-corrected chi connectivity index (χ0v) is 17.3. The Labute approximate surface area is 173 Å². The monoisotopic (exact) mass is 394 g/mol. The molecule has 0 aliphatic carbocycles. The van der Waals surface area contributed by atoms with Crippen LogP contribution in [0.5, 0.6) is 0 Å². The number of fused-ring (bicyclic) bond motifs is 1. The Morgan fingerprint density at radius 2 is 1.83 bits per heavy atom. The molecule has 0 aromatic heterocycles. The number of esters is 1. The quantitative estimate of drug-likeness (QED) is 0.687. The second-order valence-corrected chi connectivity index (χ2v) is 7.62. The Balaban J connectivity index is 1.64. The van der Waals surface area contributed by atoms with Gasteiger partial charge < -0.3 is 15.0 Å². The van der Waals surface area contributed by atoms with Crippen LogP contribution in [-0.2, 0) is 20.7 Å². The van der Waals surface area contributed by atoms with Crippen molar-refractivity contribution in [2.75, 3.05) is 18.6 Å². The molecule has 2 aromatic carbocycles. The van der Waals surface area contributed by atoms with Crippen LogP contribution in [0.4, 0.5) is 5.69 Å². The van der Waals surface area contributed by atoms with Crippen LogP contribution in [0, 0.1) is 0 Å². The van der Waals surface area contributed by atoms with Gasteiger partial charge in [-0.1, -0.05) is 48.5 Å². The van der Waals surface area contributed by atoms with Gasteiger partial charge in [-0.15, -0.1) is 0 Å². The van der Waals surface area contributed by atoms with E-state index < -0.39 is 0 Å². The number of hydrogen-bond donors (Lipinski definition) is 1. The highest BCUT2D eigenvalue weighted by Crippen LogP contribution is 2.29. The second-order valence-electron chi connectivity index (χ2n) is 7.62. The average molecular weight is 395 g/mol. The summed E-state index contributed by atoms with van der Waals surface area (Å²) in [5.74, 6) is -0.266. The lowest BCUT2D eigenvalue weighted by atomic mass is 9.99. The van der Waals surface area contributed by atoms with Gasteiger partial charge in [-0.25, -0.2) is 0 Å². The maximum atomic E-state index is 12.9. The van der Waals surface area contributed by atoms with Gasteiger partial charge in [0.05, 0.1) is 13.2 Å². The van der Waals surface area contributed by atoms with Crippen molar-refractivity contribution in [2.24, 2.45) is 0 Å². The van der Waals surface area contributed by atoms with E-state index in [1.54, 1.807) is 0 Å². The third-order valence-electron chi connectivity index (χ3n) is 5.56. The zero-order chi connectivity index (χ0) is 20.6. The van der Waals surface area contributed by atoms with Gasteiger partial charge >= 0.3 is 5.97 Å². The lowest BCUT2D eigenvalue weighted by molar-refractivity contribution is -0.141. The summed E-state index contributed by atoms with van der Waals surface area (Å²) < 4.78 is 4.76. The normalized spacial score (nSPS) is 15.2. The SMILES string of the molecule is COC(=O)CCC(NC(=O)CC(C)N1CCCc2ccccc21)c1ccccc1. The van der Waals surface area contributed by atoms with Crippen LogP contribution in [0.25, 0.3) is 0 Å². The topological polar surface area (TPSA) is 58.6 Å². The van der Waals surface area contributed by atoms with Gasteiger partial charge in [0.15, 0.2) is 0 Å². The van der Waals surface area contributed by atoms with Crippen molar-refractivity contribution in [1.82, 2.24) is 5.32 Å². The Hall–Kier alpha value is -2.82. The van der Waals surface area contributed by atoms with E-state index in [0.29, 0.717) is 12.8 Å². The molecule has 29 heavy (non-hydrogen) atoms. The van der Waals surface area contributed by atoms with E-state index in [-0.39, 0.29) is 30.4 Å². The van der Waals surface area contributed by atoms with Crippen LogP contribution in [-0.4, -0.2) is 31.6 Å². The molecule has 5 heteroatoms. The van der Waals surface area contributed by atoms with Crippen LogP contribution in [0.15, 0.2) is 54.6 Å². The van der Waals surface area contributed by atoms with E-state index in [1.807, 2.05) is 30.3 Å². The average Bonchev–Trinajstić information content (AvgIpc) is 2.76. The summed E-state index contributed by atoms with van der Waals surface area (Å²) in [5.41, 5.74) is 3.59. The van der Waals surface area contributed by atoms with Crippen molar-refractivity contribution >= 4 is 17.6 Å². The molecule has 2 unspecified atom stereocenters. The molecule has 1 heterocycles. The molecular weight excluding hydrogens is 364 g/mol. The third-order valence-corrected chi connectivity index (χ3v) is 5.56. The van der Waals surface area contributed by atoms with Gasteiger partial charge in [0.2, 0.25) is 5.91 Å². The summed E-state index contributed by atoms with van der Waals surface area (Å²) in [6.07, 6.45) is 3.40. The standard InChI is InChI=1S/C24H30N2O3/c1-18(26-16-8-12-20-11-6-7-13-22(20)26)17-23(27)25-21(14-15-24(28)29-2)19-9-4-3-5-10-19/h3-7,9-11,13,18,21H,8,12,14-17H2,1-2H3,(H,25,27). The smallest absolute Gasteiger partial charge is 0.305 e. The molecule has 2 aromatic rings. The van der Waals surface area contributed by atoms with Crippen LogP contribution < -0.4 is 10.2 Å². The zero-order valence-electron chi connectivity index (χ0n) is 17.3. The Morgan fingerprint density at radius 1 is 1.10 bits per heavy atom. The van der Waals surface area contributed by atoms with Crippen LogP contribution >= 0.6 is 0 Å². The fraction of sp³-hybridized carbons (Fsp3) is 0.417. The largest absolute Gasteiger partial charge is 0.469 e. The Kier molecular flexibility index (Phi) is 7.28. The van der Waals surface area contributed by atoms with E-state index in [9.17, 15) is 9.59 Å². The van der Waals surface area contributed by atoms with Crippen molar-refractivity contribution in [1.29, 1.82) is 0 Å². The molecule has 1 amide bonds. The summed E-state index contributed by atoms with van der Waals surface area (Å²) in [7, 11) is 1.39. The number of nitrogens with zero attached hydrogens (tertiary/aromatic N) is 1. The number of carbonyl (C=O) groups is 2. The van der Waals surface area contributed by atoms with Gasteiger partial charge in [0.25, 0.3) is 0 Å². The molecule has 154 valence electrons. The summed E-state index contributed by atoms with van der Waals surface area (Å²) in [6.45, 7) is 3.07. The van der Waals surface area contributed by atoms with Crippen molar-refractivity contribution in [3.8, 4) is 0 Å². The summed E-state index contributed by atoms with van der Waals surface area (Å²) >= 11 is 0. The molecule has 5 nitrogen and oxygen atoms in total. The molecule has 0 saturated heterocycles. The highest BCUT2D eigenvalue weighted by Gasteiger charge is 2.24. The number of para-hydroxylation sites is 1. The summed E-state index contributed by atoms with van der Waals surface area (Å²) in [5, 5.41) is 3.13. The fourth-order valence-electron chi connectivity index (χ4n) is 4.02. The number of aryl methyl sites for hydroxylation is 1. The summed E-state index contributed by atoms with van der Waals surface area (Å²) in [6, 6.07) is 18.1. The lowest BCUT2D eigenvalue weighted by Crippen LogP contribution is -2.41. The first-order valence-corrected chi connectivity index (χ1v) is 10.3. The molecule has 1 aliphatic rings. The van der Waals surface area contributed by atoms with E-state index in [4.69, 9.17) is 4.74 Å². The molecule has 1 aliphatic heterocycles. The Morgan fingerprint density at radius 3 is 2.59 bits per heavy atom. The number of carbonyl (C=O) groups excluding carboxylic acids is 2. The minimum Gasteiger partial charge on any atom is -0.469 e. The maximum Gasteiger partial charge on any atom is 0.305 e. The number of ether oxygens (including phenoxy) is 1. The molecule has 1 N–H and O–H groups in total. The highest BCUT2D eigenvalue weighted by atomic mass is 16.5. The van der Waals surface area contributed by atoms with Gasteiger partial charge in [0.1, 0.15) is 0 Å².